The summed E-state index contributed by atoms with van der Waals surface area (Å²) in [5.41, 5.74) is 0.670. The van der Waals surface area contributed by atoms with Gasteiger partial charge in [0.25, 0.3) is 0 Å². The quantitative estimate of drug-likeness (QED) is 0.837. The van der Waals surface area contributed by atoms with Gasteiger partial charge >= 0.3 is 0 Å². The van der Waals surface area contributed by atoms with E-state index in [-0.39, 0.29) is 24.3 Å². The molecule has 1 aromatic carbocycles. The third kappa shape index (κ3) is 4.92. The molecule has 1 heterocycles. The minimum absolute atomic E-state index is 0. The highest BCUT2D eigenvalue weighted by molar-refractivity contribution is 5.85. The van der Waals surface area contributed by atoms with Gasteiger partial charge in [0.05, 0.1) is 12.2 Å². The van der Waals surface area contributed by atoms with Crippen molar-refractivity contribution in [2.75, 3.05) is 7.11 Å². The summed E-state index contributed by atoms with van der Waals surface area (Å²) in [4.78, 5) is 0. The lowest BCUT2D eigenvalue weighted by atomic mass is 9.83. The second-order valence-corrected chi connectivity index (χ2v) is 7.16. The summed E-state index contributed by atoms with van der Waals surface area (Å²) in [5, 5.41) is 14.1. The Bertz CT molecular complexity index is 508. The van der Waals surface area contributed by atoms with E-state index >= 15 is 0 Å². The molecule has 1 aromatic rings. The summed E-state index contributed by atoms with van der Waals surface area (Å²) in [6.45, 7) is 0. The maximum absolute atomic E-state index is 13.3. The van der Waals surface area contributed by atoms with Gasteiger partial charge in [-0.2, -0.15) is 0 Å². The molecule has 0 aromatic heterocycles. The molecule has 3 atom stereocenters. The van der Waals surface area contributed by atoms with Crippen LogP contribution in [0.25, 0.3) is 0 Å². The highest BCUT2D eigenvalue weighted by atomic mass is 35.5. The van der Waals surface area contributed by atoms with Crippen molar-refractivity contribution in [3.8, 4) is 0 Å². The van der Waals surface area contributed by atoms with E-state index in [9.17, 15) is 9.50 Å². The van der Waals surface area contributed by atoms with Crippen LogP contribution in [0, 0.1) is 11.7 Å². The Labute approximate surface area is 150 Å². The van der Waals surface area contributed by atoms with Crippen molar-refractivity contribution < 1.29 is 14.2 Å². The molecule has 1 aliphatic heterocycles. The molecule has 0 radical (unpaired) electrons. The number of aliphatic hydroxyl groups excluding tert-OH is 1. The first kappa shape index (κ1) is 19.6. The Morgan fingerprint density at radius 1 is 1.21 bits per heavy atom. The molecule has 3 nitrogen and oxygen atoms in total. The first-order valence-electron chi connectivity index (χ1n) is 8.88. The van der Waals surface area contributed by atoms with Gasteiger partial charge in [-0.05, 0) is 68.6 Å². The Kier molecular flexibility index (Phi) is 7.48. The van der Waals surface area contributed by atoms with Crippen LogP contribution in [-0.2, 0) is 4.74 Å². The predicted octanol–water partition coefficient (Wildman–Crippen LogP) is 4.00. The maximum atomic E-state index is 13.3. The van der Waals surface area contributed by atoms with Crippen molar-refractivity contribution in [1.82, 2.24) is 5.32 Å². The second-order valence-electron chi connectivity index (χ2n) is 7.16. The van der Waals surface area contributed by atoms with Crippen LogP contribution in [0.4, 0.5) is 4.39 Å². The molecule has 2 aliphatic rings. The molecule has 0 bridgehead atoms. The zero-order chi connectivity index (χ0) is 16.2. The predicted molar refractivity (Wildman–Crippen MR) is 95.9 cm³/mol. The first-order valence-corrected chi connectivity index (χ1v) is 8.88. The first-order chi connectivity index (χ1) is 11.2. The summed E-state index contributed by atoms with van der Waals surface area (Å²) in [6, 6.07) is 6.83. The van der Waals surface area contributed by atoms with Gasteiger partial charge in [-0.1, -0.05) is 12.1 Å². The summed E-state index contributed by atoms with van der Waals surface area (Å²) in [6.07, 6.45) is 7.89. The number of methoxy groups -OCH3 is 1. The number of hydrogen-bond acceptors (Lipinski definition) is 3. The number of hydrogen-bond donors (Lipinski definition) is 2. The molecule has 0 unspecified atom stereocenters. The highest BCUT2D eigenvalue weighted by Gasteiger charge is 2.32. The van der Waals surface area contributed by atoms with Crippen LogP contribution < -0.4 is 5.32 Å². The van der Waals surface area contributed by atoms with Gasteiger partial charge in [0, 0.05) is 19.2 Å². The maximum Gasteiger partial charge on any atom is 0.123 e. The van der Waals surface area contributed by atoms with E-state index in [1.807, 2.05) is 7.11 Å². The van der Waals surface area contributed by atoms with Crippen molar-refractivity contribution in [3.63, 3.8) is 0 Å². The smallest absolute Gasteiger partial charge is 0.123 e. The van der Waals surface area contributed by atoms with E-state index in [1.54, 1.807) is 12.1 Å². The molecule has 0 amide bonds. The van der Waals surface area contributed by atoms with Gasteiger partial charge in [0.15, 0.2) is 0 Å². The third-order valence-corrected chi connectivity index (χ3v) is 5.59. The van der Waals surface area contributed by atoms with Gasteiger partial charge in [-0.25, -0.2) is 4.39 Å². The monoisotopic (exact) mass is 357 g/mol. The van der Waals surface area contributed by atoms with Gasteiger partial charge in [-0.15, -0.1) is 12.4 Å². The standard InChI is InChI=1S/C19H28FNO2.ClH/c1-23-17-8-5-13(6-9-17)11-16-7-10-18(21-16)19(22)14-3-2-4-15(20)12-14;/h2-4,12-13,16-19,21-22H,5-11H2,1H3;1H/t13?,16-,17?,18+,19-;/m0./s1. The largest absolute Gasteiger partial charge is 0.387 e. The van der Waals surface area contributed by atoms with E-state index in [1.165, 1.54) is 44.2 Å². The lowest BCUT2D eigenvalue weighted by Crippen LogP contribution is -2.35. The fourth-order valence-corrected chi connectivity index (χ4v) is 4.21. The average Bonchev–Trinajstić information content (AvgIpc) is 3.03. The molecule has 5 heteroatoms. The average molecular weight is 358 g/mol. The van der Waals surface area contributed by atoms with E-state index in [2.05, 4.69) is 5.32 Å². The van der Waals surface area contributed by atoms with Crippen LogP contribution in [0.2, 0.25) is 0 Å². The summed E-state index contributed by atoms with van der Waals surface area (Å²) in [7, 11) is 1.81. The van der Waals surface area contributed by atoms with Crippen LogP contribution in [-0.4, -0.2) is 30.4 Å². The molecule has 2 fully saturated rings. The van der Waals surface area contributed by atoms with Crippen LogP contribution in [0.15, 0.2) is 24.3 Å². The van der Waals surface area contributed by atoms with Gasteiger partial charge in [-0.3, -0.25) is 0 Å². The van der Waals surface area contributed by atoms with Crippen LogP contribution in [0.5, 0.6) is 0 Å². The Hall–Kier alpha value is -0.680. The number of rotatable bonds is 5. The minimum Gasteiger partial charge on any atom is -0.387 e. The second kappa shape index (κ2) is 9.14. The number of halogens is 2. The Morgan fingerprint density at radius 3 is 2.62 bits per heavy atom. The number of aliphatic hydroxyl groups is 1. The van der Waals surface area contributed by atoms with Crippen molar-refractivity contribution >= 4 is 12.4 Å². The van der Waals surface area contributed by atoms with E-state index < -0.39 is 6.10 Å². The van der Waals surface area contributed by atoms with Crippen molar-refractivity contribution in [1.29, 1.82) is 0 Å². The van der Waals surface area contributed by atoms with Crippen LogP contribution in [0.1, 0.15) is 56.6 Å². The summed E-state index contributed by atoms with van der Waals surface area (Å²) in [5.74, 6) is 0.481. The zero-order valence-corrected chi connectivity index (χ0v) is 15.1. The molecule has 24 heavy (non-hydrogen) atoms. The molecular formula is C19H29ClFNO2. The van der Waals surface area contributed by atoms with Crippen molar-refractivity contribution in [2.24, 2.45) is 5.92 Å². The highest BCUT2D eigenvalue weighted by Crippen LogP contribution is 2.33. The lowest BCUT2D eigenvalue weighted by Gasteiger charge is -2.29. The van der Waals surface area contributed by atoms with Gasteiger partial charge in [0.1, 0.15) is 5.82 Å². The lowest BCUT2D eigenvalue weighted by molar-refractivity contribution is 0.0538. The SMILES string of the molecule is COC1CCC(C[C@@H]2CC[C@H]([C@@H](O)c3cccc(F)c3)N2)CC1.Cl. The molecule has 3 rings (SSSR count). The molecular weight excluding hydrogens is 329 g/mol. The Morgan fingerprint density at radius 2 is 1.96 bits per heavy atom. The van der Waals surface area contributed by atoms with E-state index in [0.29, 0.717) is 17.7 Å². The molecule has 1 saturated heterocycles. The van der Waals surface area contributed by atoms with E-state index in [0.717, 1.165) is 18.8 Å². The number of ether oxygens (including phenoxy) is 1. The molecule has 2 N–H and O–H groups in total. The van der Waals surface area contributed by atoms with E-state index in [4.69, 9.17) is 4.74 Å². The molecule has 0 spiro atoms. The van der Waals surface area contributed by atoms with Gasteiger partial charge in [0.2, 0.25) is 0 Å². The zero-order valence-electron chi connectivity index (χ0n) is 14.3. The molecule has 1 aliphatic carbocycles. The fraction of sp³-hybridized carbons (Fsp3) is 0.684. The topological polar surface area (TPSA) is 41.5 Å². The molecule has 1 saturated carbocycles. The van der Waals surface area contributed by atoms with Crippen LogP contribution >= 0.6 is 12.4 Å². The van der Waals surface area contributed by atoms with Crippen molar-refractivity contribution in [3.05, 3.63) is 35.6 Å². The Balaban J connectivity index is 0.00000208. The number of benzene rings is 1. The molecule has 136 valence electrons. The van der Waals surface area contributed by atoms with Gasteiger partial charge < -0.3 is 15.2 Å². The third-order valence-electron chi connectivity index (χ3n) is 5.59. The minimum atomic E-state index is -0.625. The normalized spacial score (nSPS) is 31.5. The van der Waals surface area contributed by atoms with Crippen molar-refractivity contribution in [2.45, 2.75) is 69.2 Å². The fourth-order valence-electron chi connectivity index (χ4n) is 4.21. The summed E-state index contributed by atoms with van der Waals surface area (Å²) < 4.78 is 18.8. The van der Waals surface area contributed by atoms with Crippen LogP contribution in [0.3, 0.4) is 0 Å². The number of nitrogens with one attached hydrogen (secondary N) is 1. The summed E-state index contributed by atoms with van der Waals surface area (Å²) >= 11 is 0.